The molecule has 0 spiro atoms. The quantitative estimate of drug-likeness (QED) is 0.934. The van der Waals surface area contributed by atoms with Gasteiger partial charge in [0.05, 0.1) is 13.0 Å². The van der Waals surface area contributed by atoms with Crippen molar-refractivity contribution in [1.29, 1.82) is 0 Å². The summed E-state index contributed by atoms with van der Waals surface area (Å²) in [6, 6.07) is 1.95. The number of alkyl halides is 3. The lowest BCUT2D eigenvalue weighted by Crippen LogP contribution is -2.25. The molecule has 0 saturated heterocycles. The monoisotopic (exact) mass is 287 g/mol. The van der Waals surface area contributed by atoms with Crippen LogP contribution in [0.1, 0.15) is 17.3 Å². The van der Waals surface area contributed by atoms with E-state index < -0.39 is 17.8 Å². The Morgan fingerprint density at radius 2 is 2.20 bits per heavy atom. The molecule has 2 rings (SSSR count). The van der Waals surface area contributed by atoms with Crippen LogP contribution >= 0.6 is 0 Å². The molecule has 0 aliphatic carbocycles. The minimum absolute atomic E-state index is 0.0327. The van der Waals surface area contributed by atoms with Crippen LogP contribution in [0, 0.1) is 0 Å². The lowest BCUT2D eigenvalue weighted by atomic mass is 10.3. The van der Waals surface area contributed by atoms with Gasteiger partial charge >= 0.3 is 6.18 Å². The molecule has 0 aromatic carbocycles. The fourth-order valence-electron chi connectivity index (χ4n) is 1.59. The van der Waals surface area contributed by atoms with Crippen molar-refractivity contribution in [2.24, 2.45) is 7.05 Å². The molecule has 1 amide bonds. The van der Waals surface area contributed by atoms with Gasteiger partial charge in [0.1, 0.15) is 11.6 Å². The van der Waals surface area contributed by atoms with E-state index in [2.05, 4.69) is 14.7 Å². The minimum Gasteiger partial charge on any atom is -0.456 e. The molecule has 0 bridgehead atoms. The number of furan rings is 1. The van der Waals surface area contributed by atoms with Crippen molar-refractivity contribution >= 4 is 5.91 Å². The third-order valence-electron chi connectivity index (χ3n) is 2.64. The van der Waals surface area contributed by atoms with Crippen LogP contribution in [0.4, 0.5) is 13.2 Å². The Balaban J connectivity index is 1.89. The first kappa shape index (κ1) is 14.2. The highest BCUT2D eigenvalue weighted by atomic mass is 19.4. The van der Waals surface area contributed by atoms with E-state index in [0.717, 1.165) is 12.1 Å². The predicted molar refractivity (Wildman–Crippen MR) is 62.5 cm³/mol. The van der Waals surface area contributed by atoms with Gasteiger partial charge in [-0.05, 0) is 12.1 Å². The molecule has 0 saturated carbocycles. The SMILES string of the molecule is Cn1ccnc1CNC(=O)Cc1ccc(C(F)(F)F)o1. The molecule has 0 aliphatic heterocycles. The summed E-state index contributed by atoms with van der Waals surface area (Å²) in [5, 5.41) is 2.56. The third kappa shape index (κ3) is 3.40. The van der Waals surface area contributed by atoms with Crippen LogP contribution in [-0.2, 0) is 31.0 Å². The number of carbonyl (C=O) groups excluding carboxylic acids is 1. The molecule has 8 heteroatoms. The Morgan fingerprint density at radius 1 is 1.45 bits per heavy atom. The summed E-state index contributed by atoms with van der Waals surface area (Å²) in [7, 11) is 1.77. The second kappa shape index (κ2) is 5.40. The molecule has 0 fully saturated rings. The highest BCUT2D eigenvalue weighted by molar-refractivity contribution is 5.77. The molecule has 0 unspecified atom stereocenters. The van der Waals surface area contributed by atoms with Crippen molar-refractivity contribution in [2.45, 2.75) is 19.1 Å². The number of rotatable bonds is 4. The number of nitrogens with one attached hydrogen (secondary N) is 1. The number of nitrogens with zero attached hydrogens (tertiary/aromatic N) is 2. The average molecular weight is 287 g/mol. The zero-order chi connectivity index (χ0) is 14.8. The lowest BCUT2D eigenvalue weighted by molar-refractivity contribution is -0.153. The molecule has 0 radical (unpaired) electrons. The molecule has 0 aliphatic rings. The van der Waals surface area contributed by atoms with Crippen LogP contribution in [0.3, 0.4) is 0 Å². The first-order valence-corrected chi connectivity index (χ1v) is 5.75. The molecule has 5 nitrogen and oxygen atoms in total. The van der Waals surface area contributed by atoms with E-state index in [-0.39, 0.29) is 18.7 Å². The Kier molecular flexibility index (Phi) is 3.82. The maximum absolute atomic E-state index is 12.3. The standard InChI is InChI=1S/C12H12F3N3O2/c1-18-5-4-16-10(18)7-17-11(19)6-8-2-3-9(20-8)12(13,14)15/h2-5H,6-7H2,1H3,(H,17,19). The summed E-state index contributed by atoms with van der Waals surface area (Å²) >= 11 is 0. The van der Waals surface area contributed by atoms with Gasteiger partial charge in [-0.15, -0.1) is 0 Å². The summed E-state index contributed by atoms with van der Waals surface area (Å²) in [5.74, 6) is -0.927. The van der Waals surface area contributed by atoms with Crippen LogP contribution in [0.15, 0.2) is 28.9 Å². The highest BCUT2D eigenvalue weighted by Gasteiger charge is 2.34. The number of hydrogen-bond acceptors (Lipinski definition) is 3. The zero-order valence-corrected chi connectivity index (χ0v) is 10.6. The number of aryl methyl sites for hydroxylation is 1. The van der Waals surface area contributed by atoms with Crippen LogP contribution in [-0.4, -0.2) is 15.5 Å². The van der Waals surface area contributed by atoms with E-state index in [4.69, 9.17) is 0 Å². The number of halogens is 3. The number of aromatic nitrogens is 2. The highest BCUT2D eigenvalue weighted by Crippen LogP contribution is 2.30. The maximum atomic E-state index is 12.3. The van der Waals surface area contributed by atoms with Gasteiger partial charge in [0, 0.05) is 19.4 Å². The van der Waals surface area contributed by atoms with Crippen LogP contribution in [0.25, 0.3) is 0 Å². The van der Waals surface area contributed by atoms with E-state index >= 15 is 0 Å². The van der Waals surface area contributed by atoms with Gasteiger partial charge in [-0.1, -0.05) is 0 Å². The number of amides is 1. The molecular weight excluding hydrogens is 275 g/mol. The summed E-state index contributed by atoms with van der Waals surface area (Å²) in [5.41, 5.74) is 0. The van der Waals surface area contributed by atoms with Gasteiger partial charge in [0.25, 0.3) is 0 Å². The lowest BCUT2D eigenvalue weighted by Gasteiger charge is -2.04. The summed E-state index contributed by atoms with van der Waals surface area (Å²) in [4.78, 5) is 15.6. The number of hydrogen-bond donors (Lipinski definition) is 1. The first-order valence-electron chi connectivity index (χ1n) is 5.75. The fraction of sp³-hybridized carbons (Fsp3) is 0.333. The maximum Gasteiger partial charge on any atom is 0.449 e. The van der Waals surface area contributed by atoms with E-state index in [1.165, 1.54) is 0 Å². The predicted octanol–water partition coefficient (Wildman–Crippen LogP) is 1.89. The van der Waals surface area contributed by atoms with Crippen molar-refractivity contribution in [3.05, 3.63) is 41.9 Å². The third-order valence-corrected chi connectivity index (χ3v) is 2.64. The molecule has 2 heterocycles. The summed E-state index contributed by atoms with van der Waals surface area (Å²) in [6.45, 7) is 0.204. The first-order chi connectivity index (χ1) is 9.36. The van der Waals surface area contributed by atoms with Crippen molar-refractivity contribution < 1.29 is 22.4 Å². The van der Waals surface area contributed by atoms with E-state index in [9.17, 15) is 18.0 Å². The Labute approximate surface area is 112 Å². The second-order valence-corrected chi connectivity index (χ2v) is 4.17. The zero-order valence-electron chi connectivity index (χ0n) is 10.6. The number of imidazole rings is 1. The summed E-state index contributed by atoms with van der Waals surface area (Å²) in [6.07, 6.45) is -1.48. The van der Waals surface area contributed by atoms with Crippen molar-refractivity contribution in [1.82, 2.24) is 14.9 Å². The topological polar surface area (TPSA) is 60.1 Å². The van der Waals surface area contributed by atoms with Gasteiger partial charge in [0.2, 0.25) is 11.7 Å². The molecule has 1 N–H and O–H groups in total. The van der Waals surface area contributed by atoms with Crippen LogP contribution in [0.5, 0.6) is 0 Å². The van der Waals surface area contributed by atoms with Crippen LogP contribution < -0.4 is 5.32 Å². The van der Waals surface area contributed by atoms with Crippen molar-refractivity contribution in [3.63, 3.8) is 0 Å². The second-order valence-electron chi connectivity index (χ2n) is 4.17. The summed E-state index contributed by atoms with van der Waals surface area (Å²) < 4.78 is 43.2. The van der Waals surface area contributed by atoms with Crippen molar-refractivity contribution in [3.8, 4) is 0 Å². The van der Waals surface area contributed by atoms with Gasteiger partial charge in [-0.3, -0.25) is 4.79 Å². The normalized spacial score (nSPS) is 11.6. The average Bonchev–Trinajstić information content (AvgIpc) is 2.95. The van der Waals surface area contributed by atoms with E-state index in [1.807, 2.05) is 0 Å². The molecule has 2 aromatic rings. The molecule has 2 aromatic heterocycles. The van der Waals surface area contributed by atoms with Crippen molar-refractivity contribution in [2.75, 3.05) is 0 Å². The molecule has 20 heavy (non-hydrogen) atoms. The largest absolute Gasteiger partial charge is 0.456 e. The Hall–Kier alpha value is -2.25. The Morgan fingerprint density at radius 3 is 2.75 bits per heavy atom. The number of carbonyl (C=O) groups is 1. The fourth-order valence-corrected chi connectivity index (χ4v) is 1.59. The Bertz CT molecular complexity index is 601. The van der Waals surface area contributed by atoms with E-state index in [1.54, 1.807) is 24.0 Å². The van der Waals surface area contributed by atoms with Gasteiger partial charge in [0.15, 0.2) is 0 Å². The molecular formula is C12H12F3N3O2. The minimum atomic E-state index is -4.54. The smallest absolute Gasteiger partial charge is 0.449 e. The van der Waals surface area contributed by atoms with Gasteiger partial charge < -0.3 is 14.3 Å². The molecule has 0 atom stereocenters. The van der Waals surface area contributed by atoms with Gasteiger partial charge in [-0.2, -0.15) is 13.2 Å². The van der Waals surface area contributed by atoms with E-state index in [0.29, 0.717) is 5.82 Å². The molecule has 108 valence electrons. The van der Waals surface area contributed by atoms with Crippen LogP contribution in [0.2, 0.25) is 0 Å². The van der Waals surface area contributed by atoms with Gasteiger partial charge in [-0.25, -0.2) is 4.98 Å².